The van der Waals surface area contributed by atoms with Crippen LogP contribution in [0.25, 0.3) is 0 Å². The molecule has 0 aliphatic carbocycles. The lowest BCUT2D eigenvalue weighted by Gasteiger charge is -2.31. The van der Waals surface area contributed by atoms with Crippen LogP contribution in [-0.4, -0.2) is 53.1 Å². The fraction of sp³-hybridized carbons (Fsp3) is 0.375. The molecule has 0 bridgehead atoms. The maximum Gasteiger partial charge on any atom is 0.250 e. The summed E-state index contributed by atoms with van der Waals surface area (Å²) in [6.45, 7) is 3.83. The molecule has 8 heteroatoms. The highest BCUT2D eigenvalue weighted by atomic mass is 32.2. The van der Waals surface area contributed by atoms with Gasteiger partial charge in [-0.25, -0.2) is 13.1 Å². The van der Waals surface area contributed by atoms with Crippen molar-refractivity contribution in [1.82, 2.24) is 19.0 Å². The standard InChI is InChI=1S/C24H28N4O3S/c29-32(30,23-15-25-28-18-22(19-31-24(23)28)26-13-7-8-14-26)27(16-20-9-3-1-4-10-20)17-21-11-5-2-6-12-21/h1-6,9-12,15,22H,7-8,13-14,16-19H2. The molecule has 0 amide bonds. The number of sulfonamides is 1. The summed E-state index contributed by atoms with van der Waals surface area (Å²) in [7, 11) is -3.82. The zero-order valence-electron chi connectivity index (χ0n) is 18.0. The predicted molar refractivity (Wildman–Crippen MR) is 122 cm³/mol. The number of benzene rings is 2. The van der Waals surface area contributed by atoms with Crippen molar-refractivity contribution in [2.75, 3.05) is 19.7 Å². The first-order valence-corrected chi connectivity index (χ1v) is 12.6. The Labute approximate surface area is 189 Å². The zero-order valence-corrected chi connectivity index (χ0v) is 18.8. The Morgan fingerprint density at radius 1 is 0.938 bits per heavy atom. The summed E-state index contributed by atoms with van der Waals surface area (Å²) in [6, 6.07) is 19.6. The summed E-state index contributed by atoms with van der Waals surface area (Å²) in [5.74, 6) is 0.353. The molecule has 32 heavy (non-hydrogen) atoms. The average molecular weight is 453 g/mol. The van der Waals surface area contributed by atoms with Gasteiger partial charge in [0.15, 0.2) is 4.90 Å². The van der Waals surface area contributed by atoms with E-state index in [9.17, 15) is 8.42 Å². The summed E-state index contributed by atoms with van der Waals surface area (Å²) < 4.78 is 36.8. The third-order valence-electron chi connectivity index (χ3n) is 6.23. The van der Waals surface area contributed by atoms with E-state index in [1.54, 1.807) is 4.68 Å². The van der Waals surface area contributed by atoms with Crippen LogP contribution in [0.5, 0.6) is 5.88 Å². The first-order chi connectivity index (χ1) is 15.6. The smallest absolute Gasteiger partial charge is 0.250 e. The molecule has 2 aliphatic heterocycles. The van der Waals surface area contributed by atoms with E-state index in [1.807, 2.05) is 60.7 Å². The minimum Gasteiger partial charge on any atom is -0.475 e. The fourth-order valence-electron chi connectivity index (χ4n) is 4.50. The van der Waals surface area contributed by atoms with Gasteiger partial charge in [0.25, 0.3) is 10.0 Å². The van der Waals surface area contributed by atoms with Gasteiger partial charge in [-0.15, -0.1) is 0 Å². The predicted octanol–water partition coefficient (Wildman–Crippen LogP) is 3.13. The van der Waals surface area contributed by atoms with E-state index in [-0.39, 0.29) is 24.0 Å². The molecule has 0 N–H and O–H groups in total. The Bertz CT molecular complexity index is 1100. The van der Waals surface area contributed by atoms with Gasteiger partial charge in [0, 0.05) is 13.1 Å². The number of likely N-dealkylation sites (tertiary alicyclic amines) is 1. The van der Waals surface area contributed by atoms with E-state index in [0.717, 1.165) is 24.2 Å². The number of fused-ring (bicyclic) bond motifs is 1. The van der Waals surface area contributed by atoms with Crippen LogP contribution in [0.1, 0.15) is 24.0 Å². The lowest BCUT2D eigenvalue weighted by atomic mass is 10.2. The second-order valence-corrected chi connectivity index (χ2v) is 10.4. The number of nitrogens with zero attached hydrogens (tertiary/aromatic N) is 4. The minimum absolute atomic E-state index is 0.143. The van der Waals surface area contributed by atoms with Crippen molar-refractivity contribution < 1.29 is 13.2 Å². The second-order valence-electron chi connectivity index (χ2n) is 8.45. The second kappa shape index (κ2) is 9.05. The monoisotopic (exact) mass is 452 g/mol. The molecule has 1 aromatic heterocycles. The van der Waals surface area contributed by atoms with E-state index in [2.05, 4.69) is 10.00 Å². The third-order valence-corrected chi connectivity index (χ3v) is 8.01. The first kappa shape index (κ1) is 21.2. The normalized spacial score (nSPS) is 19.1. The van der Waals surface area contributed by atoms with Crippen LogP contribution < -0.4 is 4.74 Å². The Morgan fingerprint density at radius 2 is 1.53 bits per heavy atom. The molecule has 1 fully saturated rings. The molecule has 3 heterocycles. The van der Waals surface area contributed by atoms with E-state index >= 15 is 0 Å². The van der Waals surface area contributed by atoms with Gasteiger partial charge >= 0.3 is 0 Å². The quantitative estimate of drug-likeness (QED) is 0.551. The van der Waals surface area contributed by atoms with Crippen molar-refractivity contribution in [3.05, 3.63) is 78.0 Å². The molecule has 1 saturated heterocycles. The molecular weight excluding hydrogens is 424 g/mol. The highest BCUT2D eigenvalue weighted by Gasteiger charge is 2.35. The van der Waals surface area contributed by atoms with Crippen LogP contribution in [0.3, 0.4) is 0 Å². The maximum absolute atomic E-state index is 13.8. The molecule has 3 aromatic rings. The molecule has 0 spiro atoms. The molecule has 0 saturated carbocycles. The van der Waals surface area contributed by atoms with Gasteiger partial charge in [0.1, 0.15) is 6.61 Å². The van der Waals surface area contributed by atoms with Crippen molar-refractivity contribution in [2.24, 2.45) is 0 Å². The Hall–Kier alpha value is -2.68. The van der Waals surface area contributed by atoms with Crippen molar-refractivity contribution in [3.8, 4) is 5.88 Å². The third kappa shape index (κ3) is 4.30. The summed E-state index contributed by atoms with van der Waals surface area (Å²) >= 11 is 0. The van der Waals surface area contributed by atoms with Gasteiger partial charge in [-0.1, -0.05) is 60.7 Å². The lowest BCUT2D eigenvalue weighted by Crippen LogP contribution is -2.44. The number of aromatic nitrogens is 2. The Morgan fingerprint density at radius 3 is 2.12 bits per heavy atom. The van der Waals surface area contributed by atoms with Gasteiger partial charge in [-0.3, -0.25) is 4.90 Å². The number of rotatable bonds is 7. The van der Waals surface area contributed by atoms with Crippen LogP contribution in [0.15, 0.2) is 71.8 Å². The summed E-state index contributed by atoms with van der Waals surface area (Å²) in [5, 5.41) is 4.40. The first-order valence-electron chi connectivity index (χ1n) is 11.1. The average Bonchev–Trinajstić information content (AvgIpc) is 3.50. The summed E-state index contributed by atoms with van der Waals surface area (Å²) in [5.41, 5.74) is 1.87. The van der Waals surface area contributed by atoms with Crippen LogP contribution in [0.2, 0.25) is 0 Å². The van der Waals surface area contributed by atoms with E-state index in [1.165, 1.54) is 23.3 Å². The summed E-state index contributed by atoms with van der Waals surface area (Å²) in [4.78, 5) is 2.56. The molecule has 168 valence electrons. The lowest BCUT2D eigenvalue weighted by molar-refractivity contribution is 0.0992. The van der Waals surface area contributed by atoms with Crippen molar-refractivity contribution >= 4 is 10.0 Å². The van der Waals surface area contributed by atoms with Gasteiger partial charge < -0.3 is 4.74 Å². The van der Waals surface area contributed by atoms with Gasteiger partial charge in [0.05, 0.1) is 18.8 Å². The summed E-state index contributed by atoms with van der Waals surface area (Å²) in [6.07, 6.45) is 3.85. The number of ether oxygens (including phenoxy) is 1. The van der Waals surface area contributed by atoms with E-state index < -0.39 is 10.0 Å². The number of hydrogen-bond donors (Lipinski definition) is 0. The van der Waals surface area contributed by atoms with Crippen molar-refractivity contribution in [1.29, 1.82) is 0 Å². The molecule has 2 aromatic carbocycles. The van der Waals surface area contributed by atoms with Crippen LogP contribution >= 0.6 is 0 Å². The molecule has 5 rings (SSSR count). The van der Waals surface area contributed by atoms with Gasteiger partial charge in [-0.05, 0) is 37.1 Å². The van der Waals surface area contributed by atoms with Crippen LogP contribution in [0, 0.1) is 0 Å². The Balaban J connectivity index is 1.44. The molecule has 1 unspecified atom stereocenters. The molecule has 2 aliphatic rings. The zero-order chi connectivity index (χ0) is 22.0. The molecular formula is C24H28N4O3S. The van der Waals surface area contributed by atoms with Gasteiger partial charge in [0.2, 0.25) is 5.88 Å². The minimum atomic E-state index is -3.82. The maximum atomic E-state index is 13.8. The van der Waals surface area contributed by atoms with Crippen LogP contribution in [-0.2, 0) is 29.7 Å². The molecule has 7 nitrogen and oxygen atoms in total. The van der Waals surface area contributed by atoms with Gasteiger partial charge in [-0.2, -0.15) is 9.40 Å². The topological polar surface area (TPSA) is 67.7 Å². The Kier molecular flexibility index (Phi) is 5.99. The highest BCUT2D eigenvalue weighted by molar-refractivity contribution is 7.89. The molecule has 1 atom stereocenters. The molecule has 0 radical (unpaired) electrons. The van der Waals surface area contributed by atoms with Crippen LogP contribution in [0.4, 0.5) is 0 Å². The SMILES string of the molecule is O=S(=O)(c1cnn2c1OCC(N1CCCC1)C2)N(Cc1ccccc1)Cc1ccccc1. The van der Waals surface area contributed by atoms with E-state index in [4.69, 9.17) is 4.74 Å². The van der Waals surface area contributed by atoms with Crippen molar-refractivity contribution in [2.45, 2.75) is 43.4 Å². The largest absolute Gasteiger partial charge is 0.475 e. The van der Waals surface area contributed by atoms with Crippen molar-refractivity contribution in [3.63, 3.8) is 0 Å². The highest BCUT2D eigenvalue weighted by Crippen LogP contribution is 2.32. The fourth-order valence-corrected chi connectivity index (χ4v) is 5.99. The van der Waals surface area contributed by atoms with E-state index in [0.29, 0.717) is 19.0 Å². The number of hydrogen-bond acceptors (Lipinski definition) is 5.